The Hall–Kier alpha value is -8.44. The van der Waals surface area contributed by atoms with E-state index >= 15 is 0 Å². The predicted molar refractivity (Wildman–Crippen MR) is 248 cm³/mol. The molecule has 71 heavy (non-hydrogen) atoms. The number of rotatable bonds is 13. The Morgan fingerprint density at radius 3 is 1.38 bits per heavy atom. The molecule has 0 bridgehead atoms. The molecule has 0 atom stereocenters. The average molecular weight is 1030 g/mol. The quantitative estimate of drug-likeness (QED) is 0.0324. The number of ether oxygens (including phenoxy) is 2. The molecule has 0 saturated heterocycles. The molecule has 2 heterocycles. The number of carbonyl (C=O) groups is 6. The van der Waals surface area contributed by atoms with E-state index in [1.807, 2.05) is 5.32 Å². The number of aromatic nitrogens is 2. The third-order valence-electron chi connectivity index (χ3n) is 8.60. The van der Waals surface area contributed by atoms with Crippen LogP contribution in [0, 0.1) is 0 Å². The number of carbonyl (C=O) groups excluding carboxylic acids is 5. The molecule has 6 rings (SSSR count). The van der Waals surface area contributed by atoms with Gasteiger partial charge < -0.3 is 46.9 Å². The third kappa shape index (κ3) is 18.2. The third-order valence-corrected chi connectivity index (χ3v) is 9.25. The Kier molecular flexibility index (Phi) is 19.6. The molecule has 0 spiro atoms. The van der Waals surface area contributed by atoms with Gasteiger partial charge in [-0.1, -0.05) is 29.3 Å². The van der Waals surface area contributed by atoms with E-state index in [1.165, 1.54) is 37.6 Å². The minimum Gasteiger partial charge on any atom is -0.481 e. The molecule has 8 N–H and O–H groups in total. The van der Waals surface area contributed by atoms with Gasteiger partial charge in [-0.05, 0) is 84.9 Å². The fraction of sp³-hybridized carbons (Fsp3) is 0.130. The minimum absolute atomic E-state index is 0.150. The highest BCUT2D eigenvalue weighted by atomic mass is 35.5. The summed E-state index contributed by atoms with van der Waals surface area (Å²) in [7, 11) is 3.02. The molecule has 0 fully saturated rings. The smallest absolute Gasteiger partial charge is 0.417 e. The lowest BCUT2D eigenvalue weighted by molar-refractivity contribution is -0.140. The number of hydrogen-bond donors (Lipinski definition) is 7. The molecule has 372 valence electrons. The molecule has 2 aromatic heterocycles. The summed E-state index contributed by atoms with van der Waals surface area (Å²) >= 11 is 10.9. The SMILES string of the molecule is CNC(=O)c1cc(Oc2ccc(N)cc2)ccn1.CNC(=O)c1cc(Oc2cccc(NC(=O)CC(=O)Nc3ccc(Cl)c(C(F)(F)F)c3)c2)ccn1.O=C(O)CC(=O)Nc1ccc(Cl)c(C(F)(F)F)c1. The average Bonchev–Trinajstić information content (AvgIpc) is 3.30. The number of pyridine rings is 2. The Balaban J connectivity index is 0.000000255. The summed E-state index contributed by atoms with van der Waals surface area (Å²) in [5, 5.41) is 19.1. The zero-order valence-corrected chi connectivity index (χ0v) is 38.2. The second-order valence-corrected chi connectivity index (χ2v) is 14.8. The molecule has 6 aromatic rings. The molecule has 0 saturated carbocycles. The number of nitrogens with zero attached hydrogens (tertiary/aromatic N) is 2. The van der Waals surface area contributed by atoms with Gasteiger partial charge in [0.1, 0.15) is 47.2 Å². The monoisotopic (exact) mass is 1030 g/mol. The molecule has 4 aromatic carbocycles. The first kappa shape index (κ1) is 55.2. The fourth-order valence-electron chi connectivity index (χ4n) is 5.44. The van der Waals surface area contributed by atoms with Crippen molar-refractivity contribution in [1.82, 2.24) is 20.6 Å². The van der Waals surface area contributed by atoms with Crippen molar-refractivity contribution in [2.75, 3.05) is 35.8 Å². The summed E-state index contributed by atoms with van der Waals surface area (Å²) in [4.78, 5) is 76.7. The van der Waals surface area contributed by atoms with Crippen molar-refractivity contribution in [2.45, 2.75) is 25.2 Å². The number of hydrogen-bond acceptors (Lipinski definition) is 11. The first-order valence-electron chi connectivity index (χ1n) is 20.0. The molecule has 0 radical (unpaired) electrons. The summed E-state index contributed by atoms with van der Waals surface area (Å²) in [5.41, 5.74) is 4.51. The number of halogens is 8. The van der Waals surface area contributed by atoms with Crippen molar-refractivity contribution >= 4 is 81.5 Å². The largest absolute Gasteiger partial charge is 0.481 e. The van der Waals surface area contributed by atoms with E-state index in [9.17, 15) is 55.1 Å². The molecule has 0 aliphatic rings. The van der Waals surface area contributed by atoms with Crippen LogP contribution >= 0.6 is 23.2 Å². The van der Waals surface area contributed by atoms with E-state index in [0.717, 1.165) is 18.2 Å². The molecule has 25 heteroatoms. The number of amides is 5. The van der Waals surface area contributed by atoms with Gasteiger partial charge in [0.05, 0.1) is 21.2 Å². The van der Waals surface area contributed by atoms with Crippen molar-refractivity contribution in [1.29, 1.82) is 0 Å². The van der Waals surface area contributed by atoms with Gasteiger partial charge in [-0.15, -0.1) is 0 Å². The highest BCUT2D eigenvalue weighted by molar-refractivity contribution is 6.32. The van der Waals surface area contributed by atoms with Gasteiger partial charge in [0.15, 0.2) is 0 Å². The number of carboxylic acids is 1. The van der Waals surface area contributed by atoms with Crippen molar-refractivity contribution < 1.29 is 69.7 Å². The Labute approximate surface area is 408 Å². The Morgan fingerprint density at radius 2 is 0.958 bits per heavy atom. The summed E-state index contributed by atoms with van der Waals surface area (Å²) in [6.45, 7) is 0. The van der Waals surface area contributed by atoms with Crippen LogP contribution in [0.1, 0.15) is 44.9 Å². The van der Waals surface area contributed by atoms with Gasteiger partial charge in [-0.2, -0.15) is 26.3 Å². The van der Waals surface area contributed by atoms with Crippen LogP contribution in [0.3, 0.4) is 0 Å². The maximum Gasteiger partial charge on any atom is 0.417 e. The molecule has 5 amide bonds. The van der Waals surface area contributed by atoms with Gasteiger partial charge in [0.25, 0.3) is 11.8 Å². The minimum atomic E-state index is -4.69. The van der Waals surface area contributed by atoms with Crippen LogP contribution in [0.25, 0.3) is 0 Å². The Morgan fingerprint density at radius 1 is 0.549 bits per heavy atom. The van der Waals surface area contributed by atoms with Crippen LogP contribution in [-0.4, -0.2) is 64.7 Å². The predicted octanol–water partition coefficient (Wildman–Crippen LogP) is 9.46. The highest BCUT2D eigenvalue weighted by Gasteiger charge is 2.34. The number of carboxylic acid groups (broad SMARTS) is 1. The number of nitrogens with two attached hydrogens (primary N) is 1. The fourth-order valence-corrected chi connectivity index (χ4v) is 5.89. The molecular formula is C46H38Cl2F6N8O9. The van der Waals surface area contributed by atoms with Gasteiger partial charge in [0, 0.05) is 67.4 Å². The Bertz CT molecular complexity index is 2890. The van der Waals surface area contributed by atoms with E-state index in [0.29, 0.717) is 52.2 Å². The number of aliphatic carboxylic acids is 1. The van der Waals surface area contributed by atoms with E-state index in [4.69, 9.17) is 43.5 Å². The lowest BCUT2D eigenvalue weighted by Crippen LogP contribution is -2.21. The number of nitrogens with one attached hydrogen (secondary N) is 5. The molecular weight excluding hydrogens is 993 g/mol. The van der Waals surface area contributed by atoms with Crippen molar-refractivity contribution in [3.8, 4) is 23.0 Å². The number of anilines is 4. The maximum absolute atomic E-state index is 13.0. The van der Waals surface area contributed by atoms with Crippen LogP contribution in [0.2, 0.25) is 10.0 Å². The number of nitrogen functional groups attached to an aromatic ring is 1. The lowest BCUT2D eigenvalue weighted by atomic mass is 10.2. The molecule has 0 aliphatic heterocycles. The van der Waals surface area contributed by atoms with E-state index in [2.05, 4.69) is 31.2 Å². The van der Waals surface area contributed by atoms with Gasteiger partial charge in [-0.3, -0.25) is 38.7 Å². The van der Waals surface area contributed by atoms with Crippen LogP contribution in [0.4, 0.5) is 49.1 Å². The van der Waals surface area contributed by atoms with Crippen molar-refractivity contribution in [2.24, 2.45) is 0 Å². The topological polar surface area (TPSA) is 253 Å². The van der Waals surface area contributed by atoms with Gasteiger partial charge in [-0.25, -0.2) is 0 Å². The first-order valence-corrected chi connectivity index (χ1v) is 20.7. The van der Waals surface area contributed by atoms with Crippen molar-refractivity contribution in [3.05, 3.63) is 154 Å². The summed E-state index contributed by atoms with van der Waals surface area (Å²) < 4.78 is 87.6. The molecule has 17 nitrogen and oxygen atoms in total. The van der Waals surface area contributed by atoms with E-state index in [1.54, 1.807) is 67.7 Å². The van der Waals surface area contributed by atoms with Gasteiger partial charge >= 0.3 is 18.3 Å². The summed E-state index contributed by atoms with van der Waals surface area (Å²) in [5.74, 6) is -2.58. The standard InChI is InChI=1S/C23H18ClF3N4O4.C13H13N3O2.C10H7ClF3NO3/c1-28-22(34)19-11-16(7-8-29-19)35-15-4-2-3-13(9-15)30-20(32)12-21(33)31-14-5-6-18(24)17(10-14)23(25,26)27;1-15-13(17)12-8-11(6-7-16-12)18-10-4-2-9(14)3-5-10;11-7-2-1-5(3-6(7)10(12,13)14)15-8(16)4-9(17)18/h2-11H,12H2,1H3,(H,28,34)(H,30,32)(H,31,33);2-8H,14H2,1H3,(H,15,17);1-3H,4H2,(H,15,16)(H,17,18). The zero-order valence-electron chi connectivity index (χ0n) is 36.7. The van der Waals surface area contributed by atoms with Crippen LogP contribution in [-0.2, 0) is 31.5 Å². The van der Waals surface area contributed by atoms with E-state index in [-0.39, 0.29) is 28.9 Å². The zero-order chi connectivity index (χ0) is 52.5. The highest BCUT2D eigenvalue weighted by Crippen LogP contribution is 2.37. The molecule has 0 aliphatic carbocycles. The lowest BCUT2D eigenvalue weighted by Gasteiger charge is -2.12. The van der Waals surface area contributed by atoms with Crippen LogP contribution in [0.15, 0.2) is 122 Å². The second kappa shape index (κ2) is 25.2. The summed E-state index contributed by atoms with van der Waals surface area (Å²) in [6.07, 6.45) is -7.88. The second-order valence-electron chi connectivity index (χ2n) is 14.0. The summed E-state index contributed by atoms with van der Waals surface area (Å²) in [6, 6.07) is 25.2. The first-order chi connectivity index (χ1) is 33.4. The number of alkyl halides is 6. The number of benzene rings is 4. The van der Waals surface area contributed by atoms with E-state index < -0.39 is 70.1 Å². The van der Waals surface area contributed by atoms with Crippen molar-refractivity contribution in [3.63, 3.8) is 0 Å². The van der Waals surface area contributed by atoms with Crippen LogP contribution < -0.4 is 41.8 Å². The maximum atomic E-state index is 13.0. The van der Waals surface area contributed by atoms with Crippen LogP contribution in [0.5, 0.6) is 23.0 Å². The normalized spacial score (nSPS) is 10.7. The molecule has 0 unspecified atom stereocenters. The van der Waals surface area contributed by atoms with Gasteiger partial charge in [0.2, 0.25) is 17.7 Å².